The number of hydrogen-bond donors (Lipinski definition) is 1. The van der Waals surface area contributed by atoms with Crippen molar-refractivity contribution in [2.75, 3.05) is 0 Å². The average molecular weight is 310 g/mol. The third-order valence-electron chi connectivity index (χ3n) is 3.21. The summed E-state index contributed by atoms with van der Waals surface area (Å²) in [6, 6.07) is 6.66. The van der Waals surface area contributed by atoms with E-state index in [4.69, 9.17) is 12.2 Å². The second kappa shape index (κ2) is 5.10. The normalized spacial score (nSPS) is 11.3. The number of aromatic amines is 1. The third kappa shape index (κ3) is 2.19. The van der Waals surface area contributed by atoms with Crippen LogP contribution in [-0.4, -0.2) is 9.55 Å². The standard InChI is InChI=1S/C14H12F2N2S2/c1-2-8-3-4-9(20-8)7-18-13-11(17-14(18)19)6-5-10(15)12(13)16/h3-6H,2,7H2,1H3,(H,17,19). The SMILES string of the molecule is CCc1ccc(Cn2c(=S)[nH]c3ccc(F)c(F)c32)s1. The molecule has 0 radical (unpaired) electrons. The van der Waals surface area contributed by atoms with Gasteiger partial charge in [-0.3, -0.25) is 0 Å². The highest BCUT2D eigenvalue weighted by atomic mass is 32.1. The van der Waals surface area contributed by atoms with Crippen LogP contribution in [0.3, 0.4) is 0 Å². The summed E-state index contributed by atoms with van der Waals surface area (Å²) in [5.41, 5.74) is 0.711. The highest BCUT2D eigenvalue weighted by Gasteiger charge is 2.14. The van der Waals surface area contributed by atoms with Crippen molar-refractivity contribution in [2.45, 2.75) is 19.9 Å². The first-order valence-corrected chi connectivity index (χ1v) is 7.46. The van der Waals surface area contributed by atoms with E-state index < -0.39 is 11.6 Å². The number of aryl methyl sites for hydroxylation is 1. The molecule has 0 fully saturated rings. The fourth-order valence-corrected chi connectivity index (χ4v) is 3.41. The van der Waals surface area contributed by atoms with Crippen LogP contribution >= 0.6 is 23.6 Å². The number of imidazole rings is 1. The molecule has 2 nitrogen and oxygen atoms in total. The zero-order valence-electron chi connectivity index (χ0n) is 10.7. The predicted octanol–water partition coefficient (Wildman–Crippen LogP) is 4.65. The van der Waals surface area contributed by atoms with Crippen molar-refractivity contribution >= 4 is 34.6 Å². The summed E-state index contributed by atoms with van der Waals surface area (Å²) >= 11 is 6.87. The molecule has 1 aromatic carbocycles. The highest BCUT2D eigenvalue weighted by Crippen LogP contribution is 2.24. The molecule has 0 aliphatic rings. The zero-order valence-corrected chi connectivity index (χ0v) is 12.4. The van der Waals surface area contributed by atoms with Gasteiger partial charge in [0.2, 0.25) is 0 Å². The largest absolute Gasteiger partial charge is 0.330 e. The fourth-order valence-electron chi connectivity index (χ4n) is 2.19. The summed E-state index contributed by atoms with van der Waals surface area (Å²) in [5, 5.41) is 0. The maximum atomic E-state index is 14.0. The van der Waals surface area contributed by atoms with Crippen molar-refractivity contribution in [2.24, 2.45) is 0 Å². The Kier molecular flexibility index (Phi) is 3.43. The van der Waals surface area contributed by atoms with Crippen LogP contribution in [-0.2, 0) is 13.0 Å². The van der Waals surface area contributed by atoms with Crippen molar-refractivity contribution in [1.82, 2.24) is 9.55 Å². The first-order chi connectivity index (χ1) is 9.60. The fraction of sp³-hybridized carbons (Fsp3) is 0.214. The van der Waals surface area contributed by atoms with Crippen LogP contribution in [0, 0.1) is 16.4 Å². The van der Waals surface area contributed by atoms with Crippen molar-refractivity contribution in [3.8, 4) is 0 Å². The molecule has 0 aliphatic carbocycles. The third-order valence-corrected chi connectivity index (χ3v) is 4.74. The van der Waals surface area contributed by atoms with Gasteiger partial charge in [-0.1, -0.05) is 6.92 Å². The van der Waals surface area contributed by atoms with E-state index in [1.54, 1.807) is 15.9 Å². The smallest absolute Gasteiger partial charge is 0.184 e. The molecule has 6 heteroatoms. The van der Waals surface area contributed by atoms with Gasteiger partial charge >= 0.3 is 0 Å². The number of rotatable bonds is 3. The van der Waals surface area contributed by atoms with E-state index >= 15 is 0 Å². The van der Waals surface area contributed by atoms with Gasteiger partial charge < -0.3 is 9.55 Å². The first-order valence-electron chi connectivity index (χ1n) is 6.24. The number of fused-ring (bicyclic) bond motifs is 1. The lowest BCUT2D eigenvalue weighted by molar-refractivity contribution is 0.512. The second-order valence-corrected chi connectivity index (χ2v) is 6.13. The zero-order chi connectivity index (χ0) is 14.3. The molecular weight excluding hydrogens is 298 g/mol. The maximum Gasteiger partial charge on any atom is 0.184 e. The lowest BCUT2D eigenvalue weighted by Gasteiger charge is -2.03. The minimum Gasteiger partial charge on any atom is -0.330 e. The molecule has 0 saturated carbocycles. The second-order valence-electron chi connectivity index (χ2n) is 4.50. The highest BCUT2D eigenvalue weighted by molar-refractivity contribution is 7.71. The molecule has 104 valence electrons. The summed E-state index contributed by atoms with van der Waals surface area (Å²) in [7, 11) is 0. The Morgan fingerprint density at radius 1 is 1.20 bits per heavy atom. The van der Waals surface area contributed by atoms with Crippen molar-refractivity contribution < 1.29 is 8.78 Å². The Bertz CT molecular complexity index is 829. The molecule has 0 unspecified atom stereocenters. The predicted molar refractivity (Wildman–Crippen MR) is 79.8 cm³/mol. The maximum absolute atomic E-state index is 14.0. The van der Waals surface area contributed by atoms with Crippen molar-refractivity contribution in [1.29, 1.82) is 0 Å². The van der Waals surface area contributed by atoms with E-state index in [1.165, 1.54) is 10.9 Å². The van der Waals surface area contributed by atoms with Gasteiger partial charge in [-0.2, -0.15) is 0 Å². The minimum atomic E-state index is -0.860. The molecule has 3 aromatic rings. The van der Waals surface area contributed by atoms with Gasteiger partial charge in [0.05, 0.1) is 12.1 Å². The molecule has 1 N–H and O–H groups in total. The first kappa shape index (κ1) is 13.5. The van der Waals surface area contributed by atoms with Gasteiger partial charge in [0.25, 0.3) is 0 Å². The summed E-state index contributed by atoms with van der Waals surface area (Å²) in [6.07, 6.45) is 0.965. The van der Waals surface area contributed by atoms with Crippen molar-refractivity contribution in [3.05, 3.63) is 50.4 Å². The Morgan fingerprint density at radius 3 is 2.65 bits per heavy atom. The molecule has 0 spiro atoms. The minimum absolute atomic E-state index is 0.196. The van der Waals surface area contributed by atoms with Crippen LogP contribution in [0.15, 0.2) is 24.3 Å². The molecule has 0 saturated heterocycles. The van der Waals surface area contributed by atoms with E-state index in [-0.39, 0.29) is 5.52 Å². The molecule has 3 rings (SSSR count). The molecule has 20 heavy (non-hydrogen) atoms. The summed E-state index contributed by atoms with van der Waals surface area (Å²) in [5.74, 6) is -1.72. The number of hydrogen-bond acceptors (Lipinski definition) is 2. The Morgan fingerprint density at radius 2 is 1.95 bits per heavy atom. The van der Waals surface area contributed by atoms with Crippen LogP contribution in [0.2, 0.25) is 0 Å². The number of benzene rings is 1. The molecule has 2 heterocycles. The Hall–Kier alpha value is -1.53. The van der Waals surface area contributed by atoms with Crippen LogP contribution in [0.25, 0.3) is 11.0 Å². The summed E-state index contributed by atoms with van der Waals surface area (Å²) in [6.45, 7) is 2.53. The van der Waals surface area contributed by atoms with E-state index in [0.29, 0.717) is 16.8 Å². The monoisotopic (exact) mass is 310 g/mol. The van der Waals surface area contributed by atoms with Crippen LogP contribution < -0.4 is 0 Å². The number of nitrogens with zero attached hydrogens (tertiary/aromatic N) is 1. The van der Waals surface area contributed by atoms with Gasteiger partial charge in [-0.25, -0.2) is 8.78 Å². The number of thiophene rings is 1. The quantitative estimate of drug-likeness (QED) is 0.698. The van der Waals surface area contributed by atoms with E-state index in [2.05, 4.69) is 18.0 Å². The van der Waals surface area contributed by atoms with Crippen LogP contribution in [0.4, 0.5) is 8.78 Å². The van der Waals surface area contributed by atoms with Crippen LogP contribution in [0.1, 0.15) is 16.7 Å². The molecule has 2 aromatic heterocycles. The van der Waals surface area contributed by atoms with E-state index in [9.17, 15) is 8.78 Å². The molecular formula is C14H12F2N2S2. The lowest BCUT2D eigenvalue weighted by Crippen LogP contribution is -2.00. The Labute approximate surface area is 123 Å². The summed E-state index contributed by atoms with van der Waals surface area (Å²) < 4.78 is 29.4. The van der Waals surface area contributed by atoms with Gasteiger partial charge in [0, 0.05) is 9.75 Å². The molecule has 0 bridgehead atoms. The molecule has 0 aliphatic heterocycles. The number of halogens is 2. The number of H-pyrrole nitrogens is 1. The average Bonchev–Trinajstić information content (AvgIpc) is 3.00. The Balaban J connectivity index is 2.13. The molecule has 0 amide bonds. The van der Waals surface area contributed by atoms with Crippen LogP contribution in [0.5, 0.6) is 0 Å². The van der Waals surface area contributed by atoms with Gasteiger partial charge in [0.15, 0.2) is 16.4 Å². The number of aromatic nitrogens is 2. The topological polar surface area (TPSA) is 20.7 Å². The number of nitrogens with one attached hydrogen (secondary N) is 1. The van der Waals surface area contributed by atoms with E-state index in [0.717, 1.165) is 17.4 Å². The lowest BCUT2D eigenvalue weighted by atomic mass is 10.3. The van der Waals surface area contributed by atoms with Gasteiger partial charge in [0.1, 0.15) is 5.52 Å². The van der Waals surface area contributed by atoms with Gasteiger partial charge in [-0.15, -0.1) is 11.3 Å². The van der Waals surface area contributed by atoms with E-state index in [1.807, 2.05) is 6.07 Å². The van der Waals surface area contributed by atoms with Gasteiger partial charge in [-0.05, 0) is 42.9 Å². The summed E-state index contributed by atoms with van der Waals surface area (Å²) in [4.78, 5) is 5.25. The molecule has 0 atom stereocenters. The van der Waals surface area contributed by atoms with Crippen molar-refractivity contribution in [3.63, 3.8) is 0 Å².